The quantitative estimate of drug-likeness (QED) is 0.792. The van der Waals surface area contributed by atoms with E-state index in [9.17, 15) is 0 Å². The topological polar surface area (TPSA) is 18.5 Å². The first-order valence-electron chi connectivity index (χ1n) is 7.52. The molecule has 0 bridgehead atoms. The van der Waals surface area contributed by atoms with Crippen LogP contribution < -0.4 is 0 Å². The van der Waals surface area contributed by atoms with Crippen LogP contribution in [-0.2, 0) is 15.9 Å². The Balaban J connectivity index is 2.03. The monoisotopic (exact) mass is 262 g/mol. The lowest BCUT2D eigenvalue weighted by Crippen LogP contribution is -2.48. The number of hydrogen-bond donors (Lipinski definition) is 0. The molecule has 2 rings (SSSR count). The number of benzene rings is 1. The summed E-state index contributed by atoms with van der Waals surface area (Å²) < 4.78 is 12.3. The van der Waals surface area contributed by atoms with Crippen molar-refractivity contribution < 1.29 is 9.47 Å². The van der Waals surface area contributed by atoms with Crippen LogP contribution in [0.25, 0.3) is 0 Å². The lowest BCUT2D eigenvalue weighted by molar-refractivity contribution is -0.302. The molecule has 3 unspecified atom stereocenters. The van der Waals surface area contributed by atoms with E-state index in [2.05, 4.69) is 45.0 Å². The van der Waals surface area contributed by atoms with Gasteiger partial charge in [-0.3, -0.25) is 0 Å². The predicted molar refractivity (Wildman–Crippen MR) is 78.1 cm³/mol. The molecule has 2 heteroatoms. The zero-order valence-corrected chi connectivity index (χ0v) is 12.4. The van der Waals surface area contributed by atoms with E-state index in [1.165, 1.54) is 12.0 Å². The highest BCUT2D eigenvalue weighted by atomic mass is 16.7. The fraction of sp³-hybridized carbons (Fsp3) is 0.647. The molecule has 1 fully saturated rings. The molecule has 3 atom stereocenters. The van der Waals surface area contributed by atoms with Crippen molar-refractivity contribution in [3.8, 4) is 0 Å². The van der Waals surface area contributed by atoms with Crippen LogP contribution in [0.15, 0.2) is 30.3 Å². The van der Waals surface area contributed by atoms with Crippen LogP contribution in [0.3, 0.4) is 0 Å². The average molecular weight is 262 g/mol. The summed E-state index contributed by atoms with van der Waals surface area (Å²) in [4.78, 5) is 0. The van der Waals surface area contributed by atoms with Gasteiger partial charge >= 0.3 is 0 Å². The highest BCUT2D eigenvalue weighted by Gasteiger charge is 2.38. The number of rotatable bonds is 5. The van der Waals surface area contributed by atoms with Crippen LogP contribution in [-0.4, -0.2) is 18.5 Å². The highest BCUT2D eigenvalue weighted by Crippen LogP contribution is 2.33. The van der Waals surface area contributed by atoms with Crippen LogP contribution in [0.2, 0.25) is 0 Å². The van der Waals surface area contributed by atoms with Crippen molar-refractivity contribution in [3.05, 3.63) is 35.9 Å². The molecule has 1 aromatic rings. The molecule has 0 aromatic heterocycles. The Kier molecular flexibility index (Phi) is 5.00. The third-order valence-corrected chi connectivity index (χ3v) is 3.99. The van der Waals surface area contributed by atoms with Gasteiger partial charge in [0.1, 0.15) is 0 Å². The molecule has 1 aromatic carbocycles. The van der Waals surface area contributed by atoms with Crippen molar-refractivity contribution in [2.75, 3.05) is 6.61 Å². The SMILES string of the molecule is CCCC1OC(C)(Cc2ccccc2)OCC1CC. The van der Waals surface area contributed by atoms with E-state index < -0.39 is 5.79 Å². The van der Waals surface area contributed by atoms with Crippen LogP contribution in [0.1, 0.15) is 45.6 Å². The molecule has 1 saturated heterocycles. The van der Waals surface area contributed by atoms with E-state index in [0.717, 1.165) is 25.9 Å². The fourth-order valence-electron chi connectivity index (χ4n) is 2.86. The van der Waals surface area contributed by atoms with Crippen molar-refractivity contribution >= 4 is 0 Å². The molecule has 0 radical (unpaired) electrons. The summed E-state index contributed by atoms with van der Waals surface area (Å²) in [6.07, 6.45) is 4.60. The Morgan fingerprint density at radius 2 is 1.95 bits per heavy atom. The van der Waals surface area contributed by atoms with Gasteiger partial charge in [-0.25, -0.2) is 0 Å². The summed E-state index contributed by atoms with van der Waals surface area (Å²) in [5.41, 5.74) is 1.27. The van der Waals surface area contributed by atoms with E-state index in [-0.39, 0.29) is 0 Å². The van der Waals surface area contributed by atoms with Gasteiger partial charge in [-0.1, -0.05) is 50.6 Å². The molecule has 106 valence electrons. The molecule has 2 nitrogen and oxygen atoms in total. The zero-order valence-electron chi connectivity index (χ0n) is 12.4. The van der Waals surface area contributed by atoms with Crippen LogP contribution in [0, 0.1) is 5.92 Å². The van der Waals surface area contributed by atoms with E-state index in [1.807, 2.05) is 6.07 Å². The van der Waals surface area contributed by atoms with E-state index in [1.54, 1.807) is 0 Å². The van der Waals surface area contributed by atoms with Gasteiger partial charge in [0.05, 0.1) is 12.7 Å². The minimum Gasteiger partial charge on any atom is -0.349 e. The largest absolute Gasteiger partial charge is 0.349 e. The summed E-state index contributed by atoms with van der Waals surface area (Å²) in [5, 5.41) is 0. The summed E-state index contributed by atoms with van der Waals surface area (Å²) in [6.45, 7) is 7.35. The average Bonchev–Trinajstić information content (AvgIpc) is 2.40. The molecule has 1 heterocycles. The zero-order chi connectivity index (χ0) is 13.7. The second-order valence-corrected chi connectivity index (χ2v) is 5.72. The molecule has 1 aliphatic rings. The van der Waals surface area contributed by atoms with Crippen LogP contribution in [0.5, 0.6) is 0 Å². The lowest BCUT2D eigenvalue weighted by Gasteiger charge is -2.43. The van der Waals surface area contributed by atoms with Gasteiger partial charge < -0.3 is 9.47 Å². The van der Waals surface area contributed by atoms with Gasteiger partial charge in [0, 0.05) is 12.3 Å². The minimum absolute atomic E-state index is 0.345. The fourth-order valence-corrected chi connectivity index (χ4v) is 2.86. The molecule has 0 spiro atoms. The molecule has 0 aliphatic carbocycles. The van der Waals surface area contributed by atoms with Crippen LogP contribution >= 0.6 is 0 Å². The maximum absolute atomic E-state index is 6.30. The van der Waals surface area contributed by atoms with E-state index >= 15 is 0 Å². The predicted octanol–water partition coefficient (Wildman–Crippen LogP) is 4.19. The second kappa shape index (κ2) is 6.53. The third-order valence-electron chi connectivity index (χ3n) is 3.99. The first-order chi connectivity index (χ1) is 9.17. The molecular weight excluding hydrogens is 236 g/mol. The Morgan fingerprint density at radius 3 is 2.58 bits per heavy atom. The maximum Gasteiger partial charge on any atom is 0.169 e. The molecule has 19 heavy (non-hydrogen) atoms. The van der Waals surface area contributed by atoms with Gasteiger partial charge in [-0.05, 0) is 25.3 Å². The third kappa shape index (κ3) is 3.80. The highest BCUT2D eigenvalue weighted by molar-refractivity contribution is 5.16. The van der Waals surface area contributed by atoms with Crippen LogP contribution in [0.4, 0.5) is 0 Å². The summed E-state index contributed by atoms with van der Waals surface area (Å²) >= 11 is 0. The molecular formula is C17H26O2. The second-order valence-electron chi connectivity index (χ2n) is 5.72. The maximum atomic E-state index is 6.30. The van der Waals surface area contributed by atoms with Crippen molar-refractivity contribution in [2.45, 2.75) is 58.3 Å². The smallest absolute Gasteiger partial charge is 0.169 e. The van der Waals surface area contributed by atoms with Gasteiger partial charge in [0.2, 0.25) is 0 Å². The standard InChI is InChI=1S/C17H26O2/c1-4-9-16-15(5-2)13-18-17(3,19-16)12-14-10-7-6-8-11-14/h6-8,10-11,15-16H,4-5,9,12-13H2,1-3H3. The summed E-state index contributed by atoms with van der Waals surface area (Å²) in [6, 6.07) is 10.5. The first kappa shape index (κ1) is 14.5. The van der Waals surface area contributed by atoms with Crippen molar-refractivity contribution in [3.63, 3.8) is 0 Å². The van der Waals surface area contributed by atoms with E-state index in [4.69, 9.17) is 9.47 Å². The van der Waals surface area contributed by atoms with Crippen molar-refractivity contribution in [1.82, 2.24) is 0 Å². The molecule has 0 N–H and O–H groups in total. The van der Waals surface area contributed by atoms with Crippen molar-refractivity contribution in [2.24, 2.45) is 5.92 Å². The number of ether oxygens (including phenoxy) is 2. The molecule has 1 aliphatic heterocycles. The Hall–Kier alpha value is -0.860. The van der Waals surface area contributed by atoms with Crippen molar-refractivity contribution in [1.29, 1.82) is 0 Å². The minimum atomic E-state index is -0.465. The molecule has 0 saturated carbocycles. The molecule has 0 amide bonds. The van der Waals surface area contributed by atoms with Gasteiger partial charge in [-0.2, -0.15) is 0 Å². The van der Waals surface area contributed by atoms with Gasteiger partial charge in [0.15, 0.2) is 5.79 Å². The van der Waals surface area contributed by atoms with Gasteiger partial charge in [-0.15, -0.1) is 0 Å². The lowest BCUT2D eigenvalue weighted by atomic mass is 9.94. The Morgan fingerprint density at radius 1 is 1.21 bits per heavy atom. The summed E-state index contributed by atoms with van der Waals surface area (Å²) in [7, 11) is 0. The first-order valence-corrected chi connectivity index (χ1v) is 7.52. The normalized spacial score (nSPS) is 31.3. The Bertz CT molecular complexity index is 376. The number of hydrogen-bond acceptors (Lipinski definition) is 2. The Labute approximate surface area is 117 Å². The van der Waals surface area contributed by atoms with E-state index in [0.29, 0.717) is 12.0 Å². The van der Waals surface area contributed by atoms with Gasteiger partial charge in [0.25, 0.3) is 0 Å². The summed E-state index contributed by atoms with van der Waals surface area (Å²) in [5.74, 6) is 0.0798.